The van der Waals surface area contributed by atoms with Crippen LogP contribution in [0.15, 0.2) is 133 Å². The molecule has 0 aliphatic heterocycles. The lowest BCUT2D eigenvalue weighted by atomic mass is 10.3. The normalized spacial score (nSPS) is 10.7. The van der Waals surface area contributed by atoms with Gasteiger partial charge in [-0.15, -0.1) is 0 Å². The Labute approximate surface area is 173 Å². The van der Waals surface area contributed by atoms with E-state index in [-0.39, 0.29) is 0 Å². The largest absolute Gasteiger partial charge is 0.0888 e. The fourth-order valence-electron chi connectivity index (χ4n) is 2.54. The van der Waals surface area contributed by atoms with Crippen molar-refractivity contribution in [1.29, 1.82) is 0 Å². The molecule has 4 aromatic rings. The van der Waals surface area contributed by atoms with E-state index in [9.17, 15) is 0 Å². The molecule has 0 saturated carbocycles. The Morgan fingerprint density at radius 3 is 1.22 bits per heavy atom. The van der Waals surface area contributed by atoms with E-state index < -0.39 is 0 Å². The lowest BCUT2D eigenvalue weighted by molar-refractivity contribution is 1.11. The molecule has 0 unspecified atom stereocenters. The molecular formula is C24H17S3. The third-order valence-electron chi connectivity index (χ3n) is 3.78. The van der Waals surface area contributed by atoms with E-state index in [4.69, 9.17) is 0 Å². The fraction of sp³-hybridized carbons (Fsp3) is 0. The summed E-state index contributed by atoms with van der Waals surface area (Å²) < 4.78 is 0. The zero-order valence-electron chi connectivity index (χ0n) is 14.5. The molecule has 0 fully saturated rings. The molecule has 4 aromatic carbocycles. The van der Waals surface area contributed by atoms with Crippen molar-refractivity contribution in [3.8, 4) is 0 Å². The molecule has 0 spiro atoms. The van der Waals surface area contributed by atoms with E-state index in [1.807, 2.05) is 11.8 Å². The molecule has 0 saturated heterocycles. The smallest absolute Gasteiger partial charge is 0.0402 e. The van der Waals surface area contributed by atoms with Gasteiger partial charge in [-0.25, -0.2) is 0 Å². The average molecular weight is 402 g/mol. The maximum absolute atomic E-state index is 3.34. The first-order valence-electron chi connectivity index (χ1n) is 8.61. The predicted octanol–water partition coefficient (Wildman–Crippen LogP) is 7.94. The van der Waals surface area contributed by atoms with Crippen LogP contribution in [-0.2, 0) is 0 Å². The molecular weight excluding hydrogens is 384 g/mol. The van der Waals surface area contributed by atoms with Gasteiger partial charge < -0.3 is 0 Å². The zero-order valence-corrected chi connectivity index (χ0v) is 17.0. The SMILES string of the molecule is [c]1cc(Sc2ccccc2)c(Sc2ccccc2)c(Sc2ccccc2)c1. The van der Waals surface area contributed by atoms with Crippen LogP contribution in [0.1, 0.15) is 0 Å². The predicted molar refractivity (Wildman–Crippen MR) is 117 cm³/mol. The van der Waals surface area contributed by atoms with Crippen molar-refractivity contribution >= 4 is 35.3 Å². The molecule has 4 rings (SSSR count). The first kappa shape index (κ1) is 18.3. The van der Waals surface area contributed by atoms with E-state index in [0.717, 1.165) is 0 Å². The Morgan fingerprint density at radius 1 is 0.444 bits per heavy atom. The standard InChI is InChI=1S/C24H17S3/c1-4-11-19(12-5-1)25-22-17-10-18-23(26-20-13-6-2-7-14-20)24(22)27-21-15-8-3-9-16-21/h1-9,11-18H. The maximum atomic E-state index is 3.34. The van der Waals surface area contributed by atoms with Crippen LogP contribution in [0, 0.1) is 6.07 Å². The summed E-state index contributed by atoms with van der Waals surface area (Å²) in [6, 6.07) is 39.1. The first-order valence-corrected chi connectivity index (χ1v) is 11.1. The number of rotatable bonds is 6. The van der Waals surface area contributed by atoms with Crippen molar-refractivity contribution in [2.24, 2.45) is 0 Å². The van der Waals surface area contributed by atoms with Gasteiger partial charge in [-0.3, -0.25) is 0 Å². The van der Waals surface area contributed by atoms with Gasteiger partial charge in [0.25, 0.3) is 0 Å². The van der Waals surface area contributed by atoms with Crippen molar-refractivity contribution in [1.82, 2.24) is 0 Å². The minimum Gasteiger partial charge on any atom is -0.0888 e. The summed E-state index contributed by atoms with van der Waals surface area (Å²) in [6.07, 6.45) is 0. The van der Waals surface area contributed by atoms with Crippen molar-refractivity contribution in [3.63, 3.8) is 0 Å². The Morgan fingerprint density at radius 2 is 0.815 bits per heavy atom. The third kappa shape index (κ3) is 5.01. The van der Waals surface area contributed by atoms with Gasteiger partial charge in [0.15, 0.2) is 0 Å². The lowest BCUT2D eigenvalue weighted by Crippen LogP contribution is -1.85. The lowest BCUT2D eigenvalue weighted by Gasteiger charge is -2.14. The van der Waals surface area contributed by atoms with Crippen molar-refractivity contribution in [3.05, 3.63) is 109 Å². The molecule has 131 valence electrons. The number of benzene rings is 4. The summed E-state index contributed by atoms with van der Waals surface area (Å²) in [6.45, 7) is 0. The van der Waals surface area contributed by atoms with E-state index in [1.165, 1.54) is 29.4 Å². The van der Waals surface area contributed by atoms with Gasteiger partial charge in [-0.05, 0) is 54.6 Å². The summed E-state index contributed by atoms with van der Waals surface area (Å²) in [7, 11) is 0. The molecule has 0 aliphatic rings. The fourth-order valence-corrected chi connectivity index (χ4v) is 5.70. The van der Waals surface area contributed by atoms with Crippen LogP contribution in [0.3, 0.4) is 0 Å². The second-order valence-corrected chi connectivity index (χ2v) is 9.07. The van der Waals surface area contributed by atoms with Crippen LogP contribution >= 0.6 is 35.3 Å². The topological polar surface area (TPSA) is 0 Å². The van der Waals surface area contributed by atoms with Gasteiger partial charge in [0, 0.05) is 29.4 Å². The summed E-state index contributed by atoms with van der Waals surface area (Å²) in [5, 5.41) is 0. The van der Waals surface area contributed by atoms with Crippen molar-refractivity contribution in [2.45, 2.75) is 29.4 Å². The Balaban J connectivity index is 1.72. The third-order valence-corrected chi connectivity index (χ3v) is 7.29. The average Bonchev–Trinajstić information content (AvgIpc) is 2.73. The van der Waals surface area contributed by atoms with Crippen LogP contribution in [0.5, 0.6) is 0 Å². The van der Waals surface area contributed by atoms with E-state index >= 15 is 0 Å². The molecule has 0 atom stereocenters. The highest BCUT2D eigenvalue weighted by Gasteiger charge is 2.13. The quantitative estimate of drug-likeness (QED) is 0.322. The highest BCUT2D eigenvalue weighted by Crippen LogP contribution is 2.45. The molecule has 0 aromatic heterocycles. The number of hydrogen-bond acceptors (Lipinski definition) is 3. The highest BCUT2D eigenvalue weighted by molar-refractivity contribution is 8.04. The molecule has 1 radical (unpaired) electrons. The van der Waals surface area contributed by atoms with Crippen LogP contribution in [0.2, 0.25) is 0 Å². The Hall–Kier alpha value is -2.07. The summed E-state index contributed by atoms with van der Waals surface area (Å²) in [4.78, 5) is 7.47. The van der Waals surface area contributed by atoms with Crippen LogP contribution in [0.4, 0.5) is 0 Å². The van der Waals surface area contributed by atoms with Crippen molar-refractivity contribution < 1.29 is 0 Å². The Bertz CT molecular complexity index is 924. The second kappa shape index (κ2) is 9.23. The van der Waals surface area contributed by atoms with Gasteiger partial charge in [0.2, 0.25) is 0 Å². The van der Waals surface area contributed by atoms with E-state index in [2.05, 4.69) is 109 Å². The van der Waals surface area contributed by atoms with Crippen molar-refractivity contribution in [2.75, 3.05) is 0 Å². The van der Waals surface area contributed by atoms with Gasteiger partial charge in [0.05, 0.1) is 0 Å². The molecule has 0 amide bonds. The minimum atomic E-state index is 1.23. The maximum Gasteiger partial charge on any atom is 0.0402 e. The summed E-state index contributed by atoms with van der Waals surface area (Å²) in [5.74, 6) is 0. The second-order valence-electron chi connectivity index (χ2n) is 5.76. The molecule has 3 heteroatoms. The molecule has 0 N–H and O–H groups in total. The van der Waals surface area contributed by atoms with Crippen LogP contribution in [0.25, 0.3) is 0 Å². The summed E-state index contributed by atoms with van der Waals surface area (Å²) in [5.41, 5.74) is 0. The summed E-state index contributed by atoms with van der Waals surface area (Å²) >= 11 is 5.40. The number of hydrogen-bond donors (Lipinski definition) is 0. The van der Waals surface area contributed by atoms with E-state index in [0.29, 0.717) is 0 Å². The molecule has 27 heavy (non-hydrogen) atoms. The first-order chi connectivity index (χ1) is 13.4. The van der Waals surface area contributed by atoms with Gasteiger partial charge in [-0.1, -0.05) is 89.9 Å². The molecule has 0 aliphatic carbocycles. The monoisotopic (exact) mass is 401 g/mol. The zero-order chi connectivity index (χ0) is 18.3. The van der Waals surface area contributed by atoms with Gasteiger partial charge in [0.1, 0.15) is 0 Å². The molecule has 0 nitrogen and oxygen atoms in total. The van der Waals surface area contributed by atoms with Crippen LogP contribution < -0.4 is 0 Å². The van der Waals surface area contributed by atoms with Gasteiger partial charge in [-0.2, -0.15) is 0 Å². The Kier molecular flexibility index (Phi) is 6.25. The highest BCUT2D eigenvalue weighted by atomic mass is 32.2. The van der Waals surface area contributed by atoms with Gasteiger partial charge >= 0.3 is 0 Å². The minimum absolute atomic E-state index is 1.23. The van der Waals surface area contributed by atoms with E-state index in [1.54, 1.807) is 23.5 Å². The molecule has 0 heterocycles. The molecule has 0 bridgehead atoms. The van der Waals surface area contributed by atoms with Crippen LogP contribution in [-0.4, -0.2) is 0 Å².